The van der Waals surface area contributed by atoms with Crippen LogP contribution in [0, 0.1) is 17.6 Å². The maximum atomic E-state index is 14.8. The maximum absolute atomic E-state index is 14.8. The lowest BCUT2D eigenvalue weighted by Crippen LogP contribution is -2.24. The van der Waals surface area contributed by atoms with Gasteiger partial charge in [-0.1, -0.05) is 50.2 Å². The van der Waals surface area contributed by atoms with Gasteiger partial charge >= 0.3 is 0 Å². The number of rotatable bonds is 9. The Hall–Kier alpha value is -3.85. The summed E-state index contributed by atoms with van der Waals surface area (Å²) in [6.07, 6.45) is 1.44. The van der Waals surface area contributed by atoms with E-state index in [1.165, 1.54) is 35.7 Å². The molecule has 218 valence electrons. The van der Waals surface area contributed by atoms with Crippen molar-refractivity contribution in [3.8, 4) is 16.2 Å². The highest BCUT2D eigenvalue weighted by Gasteiger charge is 2.26. The topological polar surface area (TPSA) is 62.5 Å². The summed E-state index contributed by atoms with van der Waals surface area (Å²) in [6, 6.07) is 20.3. The molecule has 0 saturated carbocycles. The molecule has 5 rings (SSSR count). The summed E-state index contributed by atoms with van der Waals surface area (Å²) < 4.78 is 31.1. The molecule has 3 aromatic carbocycles. The average molecular weight is 609 g/mol. The van der Waals surface area contributed by atoms with Crippen molar-refractivity contribution in [2.75, 3.05) is 7.05 Å². The van der Waals surface area contributed by atoms with Crippen molar-refractivity contribution in [2.24, 2.45) is 5.92 Å². The van der Waals surface area contributed by atoms with E-state index >= 15 is 0 Å². The number of thiophene rings is 1. The fourth-order valence-electron chi connectivity index (χ4n) is 4.97. The lowest BCUT2D eigenvalue weighted by atomic mass is 9.99. The van der Waals surface area contributed by atoms with Crippen LogP contribution in [-0.4, -0.2) is 27.4 Å². The van der Waals surface area contributed by atoms with Gasteiger partial charge in [0.25, 0.3) is 0 Å². The number of nitrogens with zero attached hydrogens (tertiary/aromatic N) is 2. The van der Waals surface area contributed by atoms with Gasteiger partial charge in [-0.2, -0.15) is 0 Å². The van der Waals surface area contributed by atoms with Crippen molar-refractivity contribution in [1.29, 1.82) is 0 Å². The number of aromatic nitrogens is 1. The third kappa shape index (κ3) is 6.31. The highest BCUT2D eigenvalue weighted by molar-refractivity contribution is 7.22. The molecule has 5 nitrogen and oxygen atoms in total. The van der Waals surface area contributed by atoms with Gasteiger partial charge in [0.05, 0.1) is 17.5 Å². The van der Waals surface area contributed by atoms with E-state index in [4.69, 9.17) is 0 Å². The molecule has 0 bridgehead atoms. The summed E-state index contributed by atoms with van der Waals surface area (Å²) in [5, 5.41) is 10.3. The summed E-state index contributed by atoms with van der Waals surface area (Å²) in [4.78, 5) is 30.7. The number of aromatic hydroxyl groups is 1. The van der Waals surface area contributed by atoms with E-state index in [0.29, 0.717) is 23.3 Å². The maximum Gasteiger partial charge on any atom is 0.201 e. The Morgan fingerprint density at radius 3 is 2.19 bits per heavy atom. The third-order valence-electron chi connectivity index (χ3n) is 7.04. The SMILES string of the molecule is CC(C)C(=O)c1cn(Cc2c(F)cccc2F)c2sc(-c3ccc(O)cc3)c(CN(C)Cc3ccccc3)c2c1=O.Cl. The highest BCUT2D eigenvalue weighted by atomic mass is 35.5. The third-order valence-corrected chi connectivity index (χ3v) is 8.36. The van der Waals surface area contributed by atoms with Gasteiger partial charge in [-0.3, -0.25) is 14.5 Å². The first kappa shape index (κ1) is 31.1. The molecule has 0 aliphatic heterocycles. The van der Waals surface area contributed by atoms with Gasteiger partial charge < -0.3 is 9.67 Å². The summed E-state index contributed by atoms with van der Waals surface area (Å²) >= 11 is 1.33. The Morgan fingerprint density at radius 1 is 0.929 bits per heavy atom. The number of phenols is 1. The normalized spacial score (nSPS) is 11.3. The summed E-state index contributed by atoms with van der Waals surface area (Å²) in [5.41, 5.74) is 2.05. The predicted octanol–water partition coefficient (Wildman–Crippen LogP) is 7.65. The number of carbonyl (C=O) groups excluding carboxylic acids is 1. The van der Waals surface area contributed by atoms with Gasteiger partial charge in [0.2, 0.25) is 5.43 Å². The number of Topliss-reactive ketones (excluding diaryl/α,β-unsaturated/α-hetero) is 1. The Balaban J connectivity index is 0.00000405. The molecular weight excluding hydrogens is 578 g/mol. The standard InChI is InChI=1S/C33H30F2N2O3S.ClH/c1-20(2)30(39)26-19-37(18-24-27(34)10-7-11-28(24)35)33-29(31(26)40)25(17-36(3)16-21-8-5-4-6-9-21)32(41-33)22-12-14-23(38)15-13-22;/h4-15,19-20,38H,16-18H2,1-3H3;1H. The largest absolute Gasteiger partial charge is 0.508 e. The van der Waals surface area contributed by atoms with Crippen LogP contribution >= 0.6 is 23.7 Å². The van der Waals surface area contributed by atoms with Crippen LogP contribution in [0.4, 0.5) is 8.78 Å². The van der Waals surface area contributed by atoms with Crippen molar-refractivity contribution in [1.82, 2.24) is 9.47 Å². The van der Waals surface area contributed by atoms with Crippen LogP contribution in [0.1, 0.15) is 40.9 Å². The van der Waals surface area contributed by atoms with Crippen molar-refractivity contribution in [2.45, 2.75) is 33.5 Å². The fraction of sp³-hybridized carbons (Fsp3) is 0.212. The number of phenolic OH excluding ortho intramolecular Hbond substituents is 1. The van der Waals surface area contributed by atoms with E-state index in [-0.39, 0.29) is 41.6 Å². The number of halogens is 3. The van der Waals surface area contributed by atoms with Gasteiger partial charge in [0, 0.05) is 35.6 Å². The molecular formula is C33H31ClF2N2O3S. The summed E-state index contributed by atoms with van der Waals surface area (Å²) in [5.74, 6) is -2.07. The zero-order valence-corrected chi connectivity index (χ0v) is 25.1. The molecule has 2 heterocycles. The van der Waals surface area contributed by atoms with Crippen molar-refractivity contribution < 1.29 is 18.7 Å². The van der Waals surface area contributed by atoms with E-state index in [2.05, 4.69) is 4.90 Å². The minimum atomic E-state index is -0.702. The van der Waals surface area contributed by atoms with Crippen LogP contribution in [0.3, 0.4) is 0 Å². The predicted molar refractivity (Wildman–Crippen MR) is 167 cm³/mol. The van der Waals surface area contributed by atoms with E-state index in [1.54, 1.807) is 42.7 Å². The Bertz CT molecular complexity index is 1760. The summed E-state index contributed by atoms with van der Waals surface area (Å²) in [6.45, 7) is 4.25. The second-order valence-corrected chi connectivity index (χ2v) is 11.5. The number of hydrogen-bond donors (Lipinski definition) is 1. The van der Waals surface area contributed by atoms with Crippen LogP contribution in [0.2, 0.25) is 0 Å². The van der Waals surface area contributed by atoms with Crippen molar-refractivity contribution in [3.63, 3.8) is 0 Å². The zero-order valence-electron chi connectivity index (χ0n) is 23.4. The monoisotopic (exact) mass is 608 g/mol. The molecule has 42 heavy (non-hydrogen) atoms. The van der Waals surface area contributed by atoms with Crippen LogP contribution in [0.15, 0.2) is 83.8 Å². The number of benzene rings is 3. The first-order chi connectivity index (χ1) is 19.6. The number of fused-ring (bicyclic) bond motifs is 1. The van der Waals surface area contributed by atoms with Crippen LogP contribution < -0.4 is 5.43 Å². The van der Waals surface area contributed by atoms with E-state index in [0.717, 1.165) is 21.6 Å². The van der Waals surface area contributed by atoms with Crippen molar-refractivity contribution >= 4 is 39.7 Å². The van der Waals surface area contributed by atoms with Crippen LogP contribution in [0.5, 0.6) is 5.75 Å². The summed E-state index contributed by atoms with van der Waals surface area (Å²) in [7, 11) is 1.95. The molecule has 0 aliphatic rings. The number of carbonyl (C=O) groups is 1. The number of pyridine rings is 1. The Kier molecular flexibility index (Phi) is 9.61. The van der Waals surface area contributed by atoms with E-state index in [1.807, 2.05) is 37.4 Å². The molecule has 0 spiro atoms. The van der Waals surface area contributed by atoms with E-state index < -0.39 is 23.0 Å². The lowest BCUT2D eigenvalue weighted by molar-refractivity contribution is 0.0937. The Morgan fingerprint density at radius 2 is 1.57 bits per heavy atom. The van der Waals surface area contributed by atoms with Crippen LogP contribution in [-0.2, 0) is 19.6 Å². The second-order valence-electron chi connectivity index (χ2n) is 10.5. The van der Waals surface area contributed by atoms with E-state index in [9.17, 15) is 23.5 Å². The first-order valence-corrected chi connectivity index (χ1v) is 14.1. The number of ketones is 1. The lowest BCUT2D eigenvalue weighted by Gasteiger charge is -2.18. The molecule has 0 fully saturated rings. The smallest absolute Gasteiger partial charge is 0.201 e. The minimum absolute atomic E-state index is 0. The van der Waals surface area contributed by atoms with Crippen molar-refractivity contribution in [3.05, 3.63) is 123 Å². The minimum Gasteiger partial charge on any atom is -0.508 e. The quantitative estimate of drug-likeness (QED) is 0.175. The van der Waals surface area contributed by atoms with Gasteiger partial charge in [0.1, 0.15) is 22.2 Å². The molecule has 2 aromatic heterocycles. The molecule has 5 aromatic rings. The number of hydrogen-bond acceptors (Lipinski definition) is 5. The Labute approximate surface area is 253 Å². The second kappa shape index (κ2) is 13.0. The molecule has 0 atom stereocenters. The van der Waals surface area contributed by atoms with Gasteiger partial charge in [0.15, 0.2) is 5.78 Å². The molecule has 9 heteroatoms. The molecule has 0 saturated heterocycles. The molecule has 0 amide bonds. The van der Waals surface area contributed by atoms with Gasteiger partial charge in [-0.15, -0.1) is 23.7 Å². The molecule has 0 aliphatic carbocycles. The van der Waals surface area contributed by atoms with Crippen LogP contribution in [0.25, 0.3) is 20.7 Å². The molecule has 0 radical (unpaired) electrons. The van der Waals surface area contributed by atoms with Gasteiger partial charge in [-0.05, 0) is 60.1 Å². The fourth-order valence-corrected chi connectivity index (χ4v) is 6.26. The average Bonchev–Trinajstić information content (AvgIpc) is 3.32. The molecule has 1 N–H and O–H groups in total. The zero-order chi connectivity index (χ0) is 29.3. The van der Waals surface area contributed by atoms with Gasteiger partial charge in [-0.25, -0.2) is 8.78 Å². The molecule has 0 unspecified atom stereocenters. The first-order valence-electron chi connectivity index (χ1n) is 13.3. The highest BCUT2D eigenvalue weighted by Crippen LogP contribution is 2.39.